The molecule has 1 fully saturated rings. The second-order valence-electron chi connectivity index (χ2n) is 8.26. The number of hydrogen-bond acceptors (Lipinski definition) is 6. The zero-order valence-corrected chi connectivity index (χ0v) is 18.3. The lowest BCUT2D eigenvalue weighted by Gasteiger charge is -2.27. The van der Waals surface area contributed by atoms with E-state index in [1.807, 2.05) is 66.9 Å². The van der Waals surface area contributed by atoms with E-state index in [1.54, 1.807) is 0 Å². The molecule has 0 unspecified atom stereocenters. The van der Waals surface area contributed by atoms with Crippen LogP contribution in [0.5, 0.6) is 11.6 Å². The van der Waals surface area contributed by atoms with Crippen LogP contribution in [0, 0.1) is 17.2 Å². The summed E-state index contributed by atoms with van der Waals surface area (Å²) in [6, 6.07) is 19.9. The number of aromatic nitrogens is 2. The number of rotatable bonds is 8. The number of anilines is 1. The van der Waals surface area contributed by atoms with E-state index in [0.717, 1.165) is 35.4 Å². The Morgan fingerprint density at radius 1 is 1.00 bits per heavy atom. The highest BCUT2D eigenvalue weighted by molar-refractivity contribution is 5.69. The smallest absolute Gasteiger partial charge is 0.226 e. The summed E-state index contributed by atoms with van der Waals surface area (Å²) in [6.07, 6.45) is 6.54. The summed E-state index contributed by atoms with van der Waals surface area (Å²) in [5.74, 6) is 2.58. The van der Waals surface area contributed by atoms with Gasteiger partial charge < -0.3 is 14.8 Å². The van der Waals surface area contributed by atoms with Crippen LogP contribution in [-0.2, 0) is 6.61 Å². The first-order chi connectivity index (χ1) is 15.7. The van der Waals surface area contributed by atoms with Gasteiger partial charge in [0.25, 0.3) is 0 Å². The number of nitriles is 1. The molecule has 1 N–H and O–H groups in total. The fourth-order valence-corrected chi connectivity index (χ4v) is 3.90. The van der Waals surface area contributed by atoms with Crippen molar-refractivity contribution in [1.82, 2.24) is 9.97 Å². The minimum atomic E-state index is 0.0220. The number of ether oxygens (including phenoxy) is 2. The Morgan fingerprint density at radius 3 is 2.47 bits per heavy atom. The lowest BCUT2D eigenvalue weighted by atomic mass is 9.87. The van der Waals surface area contributed by atoms with Gasteiger partial charge in [0.05, 0.1) is 5.56 Å². The monoisotopic (exact) mass is 428 g/mol. The van der Waals surface area contributed by atoms with E-state index in [2.05, 4.69) is 17.2 Å². The van der Waals surface area contributed by atoms with E-state index < -0.39 is 0 Å². The molecule has 0 bridgehead atoms. The molecule has 0 saturated heterocycles. The molecule has 1 saturated carbocycles. The maximum Gasteiger partial charge on any atom is 0.226 e. The summed E-state index contributed by atoms with van der Waals surface area (Å²) in [5.41, 5.74) is 2.82. The van der Waals surface area contributed by atoms with Crippen LogP contribution in [0.25, 0.3) is 11.1 Å². The molecule has 32 heavy (non-hydrogen) atoms. The van der Waals surface area contributed by atoms with E-state index in [-0.39, 0.29) is 6.61 Å². The summed E-state index contributed by atoms with van der Waals surface area (Å²) in [4.78, 5) is 9.31. The third-order valence-corrected chi connectivity index (χ3v) is 5.79. The molecule has 2 aromatic carbocycles. The van der Waals surface area contributed by atoms with Crippen LogP contribution in [0.15, 0.2) is 60.8 Å². The zero-order valence-electron chi connectivity index (χ0n) is 18.3. The molecule has 0 spiro atoms. The molecule has 0 radical (unpaired) electrons. The molecule has 0 atom stereocenters. The second kappa shape index (κ2) is 10.6. The Bertz CT molecular complexity index is 1040. The third kappa shape index (κ3) is 5.76. The van der Waals surface area contributed by atoms with Gasteiger partial charge in [-0.1, -0.05) is 49.4 Å². The number of hydrogen-bond donors (Lipinski definition) is 1. The van der Waals surface area contributed by atoms with Crippen molar-refractivity contribution in [3.05, 3.63) is 66.4 Å². The van der Waals surface area contributed by atoms with Crippen molar-refractivity contribution in [3.8, 4) is 28.8 Å². The Labute approximate surface area is 189 Å². The summed E-state index contributed by atoms with van der Waals surface area (Å²) in [7, 11) is 0. The Hall–Kier alpha value is -3.59. The largest absolute Gasteiger partial charge is 0.479 e. The fourth-order valence-electron chi connectivity index (χ4n) is 3.90. The van der Waals surface area contributed by atoms with Gasteiger partial charge in [0.1, 0.15) is 18.4 Å². The molecule has 1 aromatic heterocycles. The van der Waals surface area contributed by atoms with Crippen LogP contribution in [0.2, 0.25) is 0 Å². The molecular weight excluding hydrogens is 400 g/mol. The predicted molar refractivity (Wildman–Crippen MR) is 124 cm³/mol. The van der Waals surface area contributed by atoms with Crippen LogP contribution in [0.3, 0.4) is 0 Å². The van der Waals surface area contributed by atoms with Gasteiger partial charge >= 0.3 is 0 Å². The molecule has 1 heterocycles. The van der Waals surface area contributed by atoms with Crippen molar-refractivity contribution in [2.24, 2.45) is 5.92 Å². The summed E-state index contributed by atoms with van der Waals surface area (Å²) in [6.45, 7) is 2.76. The minimum absolute atomic E-state index is 0.0220. The van der Waals surface area contributed by atoms with Crippen molar-refractivity contribution in [2.75, 3.05) is 11.9 Å². The maximum absolute atomic E-state index is 8.69. The minimum Gasteiger partial charge on any atom is -0.479 e. The van der Waals surface area contributed by atoms with E-state index in [9.17, 15) is 0 Å². The molecule has 4 rings (SSSR count). The molecule has 1 aliphatic carbocycles. The van der Waals surface area contributed by atoms with Gasteiger partial charge in [0.2, 0.25) is 11.8 Å². The van der Waals surface area contributed by atoms with Gasteiger partial charge in [-0.15, -0.1) is 0 Å². The second-order valence-corrected chi connectivity index (χ2v) is 8.26. The van der Waals surface area contributed by atoms with Gasteiger partial charge in [-0.2, -0.15) is 10.2 Å². The molecule has 0 amide bonds. The van der Waals surface area contributed by atoms with Gasteiger partial charge in [-0.3, -0.25) is 0 Å². The highest BCUT2D eigenvalue weighted by atomic mass is 16.5. The summed E-state index contributed by atoms with van der Waals surface area (Å²) in [5, 5.41) is 12.2. The lowest BCUT2D eigenvalue weighted by Crippen LogP contribution is -2.26. The SMILES string of the molecule is C[C@H]1CC[C@H](Nc2ncc(-c3ccc(OCC#N)cc3)c(OCc3ccccc3)n2)CC1. The van der Waals surface area contributed by atoms with Gasteiger partial charge in [-0.25, -0.2) is 4.98 Å². The quantitative estimate of drug-likeness (QED) is 0.502. The average molecular weight is 429 g/mol. The van der Waals surface area contributed by atoms with Crippen molar-refractivity contribution >= 4 is 5.95 Å². The molecule has 3 aromatic rings. The van der Waals surface area contributed by atoms with E-state index in [1.165, 1.54) is 12.8 Å². The molecule has 0 aliphatic heterocycles. The van der Waals surface area contributed by atoms with Crippen molar-refractivity contribution < 1.29 is 9.47 Å². The zero-order chi connectivity index (χ0) is 22.2. The number of benzene rings is 2. The van der Waals surface area contributed by atoms with Crippen LogP contribution in [0.4, 0.5) is 5.95 Å². The van der Waals surface area contributed by atoms with Crippen LogP contribution >= 0.6 is 0 Å². The first kappa shape index (κ1) is 21.6. The van der Waals surface area contributed by atoms with Gasteiger partial charge in [-0.05, 0) is 54.9 Å². The number of nitrogens with zero attached hydrogens (tertiary/aromatic N) is 3. The van der Waals surface area contributed by atoms with Crippen molar-refractivity contribution in [3.63, 3.8) is 0 Å². The maximum atomic E-state index is 8.69. The highest BCUT2D eigenvalue weighted by Gasteiger charge is 2.20. The van der Waals surface area contributed by atoms with Crippen molar-refractivity contribution in [1.29, 1.82) is 5.26 Å². The van der Waals surface area contributed by atoms with Crippen LogP contribution in [-0.4, -0.2) is 22.6 Å². The number of nitrogens with one attached hydrogen (secondary N) is 1. The topological polar surface area (TPSA) is 80.1 Å². The van der Waals surface area contributed by atoms with Crippen LogP contribution in [0.1, 0.15) is 38.2 Å². The normalized spacial score (nSPS) is 17.9. The van der Waals surface area contributed by atoms with E-state index in [0.29, 0.717) is 30.2 Å². The van der Waals surface area contributed by atoms with E-state index in [4.69, 9.17) is 19.7 Å². The molecule has 6 nitrogen and oxygen atoms in total. The molecule has 1 aliphatic rings. The lowest BCUT2D eigenvalue weighted by molar-refractivity contribution is 0.295. The van der Waals surface area contributed by atoms with Crippen LogP contribution < -0.4 is 14.8 Å². The molecule has 6 heteroatoms. The Kier molecular flexibility index (Phi) is 7.19. The average Bonchev–Trinajstić information content (AvgIpc) is 2.84. The third-order valence-electron chi connectivity index (χ3n) is 5.79. The standard InChI is InChI=1S/C26H28N4O2/c1-19-7-11-22(12-8-19)29-26-28-17-24(21-9-13-23(14-10-21)31-16-15-27)25(30-26)32-18-20-5-3-2-4-6-20/h2-6,9-10,13-14,17,19,22H,7-8,11-12,16,18H2,1H3,(H,28,29,30)/t19-,22-. The fraction of sp³-hybridized carbons (Fsp3) is 0.346. The predicted octanol–water partition coefficient (Wildman–Crippen LogP) is 5.62. The molecule has 164 valence electrons. The van der Waals surface area contributed by atoms with Gasteiger partial charge in [0, 0.05) is 12.2 Å². The summed E-state index contributed by atoms with van der Waals surface area (Å²) >= 11 is 0. The Morgan fingerprint density at radius 2 is 1.75 bits per heavy atom. The Balaban J connectivity index is 1.55. The first-order valence-corrected chi connectivity index (χ1v) is 11.1. The van der Waals surface area contributed by atoms with Gasteiger partial charge in [0.15, 0.2) is 6.61 Å². The van der Waals surface area contributed by atoms with E-state index >= 15 is 0 Å². The summed E-state index contributed by atoms with van der Waals surface area (Å²) < 4.78 is 11.5. The van der Waals surface area contributed by atoms with Crippen molar-refractivity contribution in [2.45, 2.75) is 45.3 Å². The first-order valence-electron chi connectivity index (χ1n) is 11.1. The molecular formula is C26H28N4O2. The highest BCUT2D eigenvalue weighted by Crippen LogP contribution is 2.31.